The van der Waals surface area contributed by atoms with Crippen LogP contribution in [0.25, 0.3) is 0 Å². The van der Waals surface area contributed by atoms with Crippen LogP contribution in [0.4, 0.5) is 15.3 Å². The number of anilines is 1. The zero-order valence-electron chi connectivity index (χ0n) is 23.0. The molecule has 1 aromatic carbocycles. The van der Waals surface area contributed by atoms with Crippen LogP contribution in [0.3, 0.4) is 0 Å². The van der Waals surface area contributed by atoms with Gasteiger partial charge in [-0.1, -0.05) is 12.1 Å². The Balaban J connectivity index is 1.36. The van der Waals surface area contributed by atoms with E-state index in [1.807, 2.05) is 82.5 Å². The highest BCUT2D eigenvalue weighted by atomic mass is 16.7. The molecule has 0 aliphatic carbocycles. The van der Waals surface area contributed by atoms with Gasteiger partial charge in [-0.25, -0.2) is 9.59 Å². The standard InChI is InChI=1S/C27H42BN3O5/c1-25(2,3)34-24(33)29-16-12-20(13-17-29)19-30-14-9-15-31(23(30)32)22-11-8-10-21(18-22)28-35-26(4,5)27(6,7)36-28/h8,10-11,18,20H,9,12-17,19H2,1-7H3. The fraction of sp³-hybridized carbons (Fsp3) is 0.704. The van der Waals surface area contributed by atoms with E-state index in [1.54, 1.807) is 4.90 Å². The summed E-state index contributed by atoms with van der Waals surface area (Å²) in [6, 6.07) is 8.00. The minimum Gasteiger partial charge on any atom is -0.444 e. The number of piperidine rings is 1. The molecule has 0 spiro atoms. The fourth-order valence-electron chi connectivity index (χ4n) is 4.95. The normalized spacial score (nSPS) is 22.8. The molecule has 3 amide bonds. The predicted molar refractivity (Wildman–Crippen MR) is 142 cm³/mol. The van der Waals surface area contributed by atoms with E-state index in [-0.39, 0.29) is 12.1 Å². The van der Waals surface area contributed by atoms with Gasteiger partial charge in [-0.15, -0.1) is 0 Å². The van der Waals surface area contributed by atoms with Gasteiger partial charge in [-0.05, 0) is 91.2 Å². The first-order valence-electron chi connectivity index (χ1n) is 13.3. The lowest BCUT2D eigenvalue weighted by Gasteiger charge is -2.39. The Hall–Kier alpha value is -2.26. The third-order valence-corrected chi connectivity index (χ3v) is 7.76. The molecule has 4 rings (SSSR count). The van der Waals surface area contributed by atoms with E-state index in [1.165, 1.54) is 0 Å². The van der Waals surface area contributed by atoms with Gasteiger partial charge in [-0.2, -0.15) is 0 Å². The average molecular weight is 499 g/mol. The Kier molecular flexibility index (Phi) is 7.37. The van der Waals surface area contributed by atoms with E-state index in [9.17, 15) is 9.59 Å². The average Bonchev–Trinajstić information content (AvgIpc) is 3.01. The third kappa shape index (κ3) is 5.83. The Morgan fingerprint density at radius 2 is 1.69 bits per heavy atom. The SMILES string of the molecule is CC(C)(C)OC(=O)N1CCC(CN2CCCN(c3cccc(B4OC(C)(C)C(C)(C)O4)c3)C2=O)CC1. The highest BCUT2D eigenvalue weighted by molar-refractivity contribution is 6.62. The van der Waals surface area contributed by atoms with E-state index in [2.05, 4.69) is 0 Å². The lowest BCUT2D eigenvalue weighted by atomic mass is 9.79. The van der Waals surface area contributed by atoms with E-state index < -0.39 is 23.9 Å². The van der Waals surface area contributed by atoms with Crippen molar-refractivity contribution < 1.29 is 23.6 Å². The summed E-state index contributed by atoms with van der Waals surface area (Å²) in [6.07, 6.45) is 2.42. The summed E-state index contributed by atoms with van der Waals surface area (Å²) in [5.41, 5.74) is 0.481. The van der Waals surface area contributed by atoms with Crippen molar-refractivity contribution >= 4 is 30.4 Å². The van der Waals surface area contributed by atoms with Crippen LogP contribution in [-0.2, 0) is 14.0 Å². The Morgan fingerprint density at radius 1 is 1.06 bits per heavy atom. The summed E-state index contributed by atoms with van der Waals surface area (Å²) < 4.78 is 17.9. The molecule has 9 heteroatoms. The van der Waals surface area contributed by atoms with Crippen molar-refractivity contribution in [2.24, 2.45) is 5.92 Å². The minimum absolute atomic E-state index is 0.0434. The van der Waals surface area contributed by atoms with Crippen LogP contribution in [0.5, 0.6) is 0 Å². The molecule has 0 bridgehead atoms. The first kappa shape index (κ1) is 26.8. The molecule has 3 fully saturated rings. The molecule has 0 unspecified atom stereocenters. The molecule has 0 N–H and O–H groups in total. The van der Waals surface area contributed by atoms with Crippen molar-refractivity contribution in [2.45, 2.75) is 84.5 Å². The van der Waals surface area contributed by atoms with Gasteiger partial charge in [0.25, 0.3) is 0 Å². The number of urea groups is 1. The molecule has 36 heavy (non-hydrogen) atoms. The van der Waals surface area contributed by atoms with E-state index >= 15 is 0 Å². The maximum atomic E-state index is 13.5. The molecular formula is C27H42BN3O5. The zero-order valence-corrected chi connectivity index (χ0v) is 23.0. The number of rotatable bonds is 4. The summed E-state index contributed by atoms with van der Waals surface area (Å²) >= 11 is 0. The van der Waals surface area contributed by atoms with Crippen LogP contribution in [-0.4, -0.2) is 78.6 Å². The maximum Gasteiger partial charge on any atom is 0.494 e. The summed E-state index contributed by atoms with van der Waals surface area (Å²) in [5.74, 6) is 0.378. The lowest BCUT2D eigenvalue weighted by Crippen LogP contribution is -2.52. The molecule has 0 atom stereocenters. The molecule has 3 aliphatic heterocycles. The Bertz CT molecular complexity index is 952. The first-order chi connectivity index (χ1) is 16.8. The molecule has 0 aromatic heterocycles. The molecule has 3 saturated heterocycles. The van der Waals surface area contributed by atoms with Gasteiger partial charge in [0.15, 0.2) is 0 Å². The first-order valence-corrected chi connectivity index (χ1v) is 13.3. The number of benzene rings is 1. The number of hydrogen-bond acceptors (Lipinski definition) is 5. The van der Waals surface area contributed by atoms with Gasteiger partial charge in [0, 0.05) is 38.4 Å². The minimum atomic E-state index is -0.489. The van der Waals surface area contributed by atoms with Crippen molar-refractivity contribution in [3.05, 3.63) is 24.3 Å². The van der Waals surface area contributed by atoms with E-state index in [0.717, 1.165) is 37.0 Å². The number of hydrogen-bond donors (Lipinski definition) is 0. The Morgan fingerprint density at radius 3 is 2.31 bits per heavy atom. The number of nitrogens with zero attached hydrogens (tertiary/aromatic N) is 3. The second-order valence-electron chi connectivity index (χ2n) is 12.3. The van der Waals surface area contributed by atoms with Crippen LogP contribution in [0.1, 0.15) is 67.7 Å². The number of ether oxygens (including phenoxy) is 1. The molecule has 0 radical (unpaired) electrons. The van der Waals surface area contributed by atoms with Gasteiger partial charge in [0.1, 0.15) is 5.60 Å². The summed E-state index contributed by atoms with van der Waals surface area (Å²) in [7, 11) is -0.457. The quantitative estimate of drug-likeness (QED) is 0.579. The zero-order chi connectivity index (χ0) is 26.3. The number of amides is 3. The van der Waals surface area contributed by atoms with Gasteiger partial charge in [0.2, 0.25) is 0 Å². The third-order valence-electron chi connectivity index (χ3n) is 7.76. The van der Waals surface area contributed by atoms with Crippen LogP contribution in [0, 0.1) is 5.92 Å². The van der Waals surface area contributed by atoms with Crippen LogP contribution < -0.4 is 10.4 Å². The summed E-state index contributed by atoms with van der Waals surface area (Å²) in [4.78, 5) is 31.5. The van der Waals surface area contributed by atoms with Crippen LogP contribution >= 0.6 is 0 Å². The second-order valence-corrected chi connectivity index (χ2v) is 12.3. The van der Waals surface area contributed by atoms with Crippen molar-refractivity contribution in [1.29, 1.82) is 0 Å². The topological polar surface area (TPSA) is 71.6 Å². The van der Waals surface area contributed by atoms with Gasteiger partial charge in [-0.3, -0.25) is 4.90 Å². The number of carbonyl (C=O) groups excluding carboxylic acids is 2. The molecule has 198 valence electrons. The van der Waals surface area contributed by atoms with Crippen LogP contribution in [0.15, 0.2) is 24.3 Å². The maximum absolute atomic E-state index is 13.5. The predicted octanol–water partition coefficient (Wildman–Crippen LogP) is 4.27. The second kappa shape index (κ2) is 9.90. The monoisotopic (exact) mass is 499 g/mol. The lowest BCUT2D eigenvalue weighted by molar-refractivity contribution is 0.00578. The molecule has 1 aromatic rings. The number of likely N-dealkylation sites (tertiary alicyclic amines) is 1. The van der Waals surface area contributed by atoms with Crippen molar-refractivity contribution in [3.8, 4) is 0 Å². The van der Waals surface area contributed by atoms with Crippen LogP contribution in [0.2, 0.25) is 0 Å². The largest absolute Gasteiger partial charge is 0.494 e. The summed E-state index contributed by atoms with van der Waals surface area (Å²) in [5, 5.41) is 0. The highest BCUT2D eigenvalue weighted by Gasteiger charge is 2.51. The summed E-state index contributed by atoms with van der Waals surface area (Å²) in [6.45, 7) is 17.3. The fourth-order valence-corrected chi connectivity index (χ4v) is 4.95. The van der Waals surface area contributed by atoms with Crippen molar-refractivity contribution in [3.63, 3.8) is 0 Å². The molecule has 3 aliphatic rings. The van der Waals surface area contributed by atoms with Gasteiger partial charge < -0.3 is 23.8 Å². The van der Waals surface area contributed by atoms with Gasteiger partial charge >= 0.3 is 19.2 Å². The van der Waals surface area contributed by atoms with E-state index in [4.69, 9.17) is 14.0 Å². The Labute approximate surface area is 216 Å². The van der Waals surface area contributed by atoms with Crippen molar-refractivity contribution in [1.82, 2.24) is 9.80 Å². The molecule has 3 heterocycles. The van der Waals surface area contributed by atoms with Crippen molar-refractivity contribution in [2.75, 3.05) is 37.6 Å². The van der Waals surface area contributed by atoms with E-state index in [0.29, 0.717) is 32.1 Å². The number of carbonyl (C=O) groups is 2. The van der Waals surface area contributed by atoms with Gasteiger partial charge in [0.05, 0.1) is 11.2 Å². The smallest absolute Gasteiger partial charge is 0.444 e. The molecule has 8 nitrogen and oxygen atoms in total. The molecule has 0 saturated carbocycles. The highest BCUT2D eigenvalue weighted by Crippen LogP contribution is 2.36. The molecular weight excluding hydrogens is 457 g/mol.